The number of carboxylic acids is 1. The van der Waals surface area contributed by atoms with Crippen molar-refractivity contribution in [3.63, 3.8) is 0 Å². The van der Waals surface area contributed by atoms with Crippen molar-refractivity contribution >= 4 is 27.8 Å². The number of amides is 1. The number of benzene rings is 1. The molecule has 0 fully saturated rings. The van der Waals surface area contributed by atoms with Gasteiger partial charge in [-0.05, 0) is 34.1 Å². The van der Waals surface area contributed by atoms with Crippen molar-refractivity contribution < 1.29 is 24.2 Å². The van der Waals surface area contributed by atoms with Gasteiger partial charge >= 0.3 is 5.97 Å². The lowest BCUT2D eigenvalue weighted by atomic mass is 10.2. The van der Waals surface area contributed by atoms with Gasteiger partial charge in [-0.15, -0.1) is 0 Å². The van der Waals surface area contributed by atoms with E-state index in [0.29, 0.717) is 0 Å². The van der Waals surface area contributed by atoms with Crippen LogP contribution in [0.15, 0.2) is 22.7 Å². The van der Waals surface area contributed by atoms with E-state index in [1.165, 1.54) is 6.07 Å². The smallest absolute Gasteiger partial charge is 0.334 e. The van der Waals surface area contributed by atoms with Crippen LogP contribution in [-0.2, 0) is 4.79 Å². The molecule has 1 aromatic carbocycles. The summed E-state index contributed by atoms with van der Waals surface area (Å²) in [7, 11) is 0. The molecule has 0 unspecified atom stereocenters. The van der Waals surface area contributed by atoms with Crippen molar-refractivity contribution in [2.45, 2.75) is 6.10 Å². The molecule has 7 heteroatoms. The zero-order chi connectivity index (χ0) is 13.0. The highest BCUT2D eigenvalue weighted by Gasteiger charge is 2.16. The number of hydrogen-bond acceptors (Lipinski definition) is 3. The molecule has 0 heterocycles. The van der Waals surface area contributed by atoms with Gasteiger partial charge in [0.15, 0.2) is 6.10 Å². The lowest BCUT2D eigenvalue weighted by Gasteiger charge is -2.08. The largest absolute Gasteiger partial charge is 0.479 e. The minimum Gasteiger partial charge on any atom is -0.479 e. The summed E-state index contributed by atoms with van der Waals surface area (Å²) in [4.78, 5) is 21.8. The van der Waals surface area contributed by atoms with Crippen LogP contribution in [0.1, 0.15) is 10.4 Å². The molecule has 3 N–H and O–H groups in total. The second kappa shape index (κ2) is 5.74. The monoisotopic (exact) mass is 305 g/mol. The third-order valence-corrected chi connectivity index (χ3v) is 2.57. The Balaban J connectivity index is 2.67. The van der Waals surface area contributed by atoms with E-state index in [1.54, 1.807) is 0 Å². The van der Waals surface area contributed by atoms with E-state index in [1.807, 2.05) is 0 Å². The molecule has 0 saturated carbocycles. The van der Waals surface area contributed by atoms with Gasteiger partial charge in [-0.1, -0.05) is 0 Å². The molecule has 17 heavy (non-hydrogen) atoms. The van der Waals surface area contributed by atoms with E-state index >= 15 is 0 Å². The summed E-state index contributed by atoms with van der Waals surface area (Å²) in [6.07, 6.45) is -1.67. The molecule has 0 aliphatic carbocycles. The second-order valence-corrected chi connectivity index (χ2v) is 4.04. The SMILES string of the molecule is O=C(NC[C@H](O)C(=O)O)c1ccc(F)cc1Br. The normalized spacial score (nSPS) is 11.9. The minimum absolute atomic E-state index is 0.156. The van der Waals surface area contributed by atoms with E-state index in [-0.39, 0.29) is 10.0 Å². The van der Waals surface area contributed by atoms with Gasteiger partial charge in [0, 0.05) is 4.47 Å². The highest BCUT2D eigenvalue weighted by Crippen LogP contribution is 2.17. The first-order valence-corrected chi connectivity index (χ1v) is 5.35. The van der Waals surface area contributed by atoms with Gasteiger partial charge < -0.3 is 15.5 Å². The maximum atomic E-state index is 12.8. The molecule has 0 bridgehead atoms. The zero-order valence-corrected chi connectivity index (χ0v) is 10.1. The Morgan fingerprint density at radius 1 is 1.47 bits per heavy atom. The van der Waals surface area contributed by atoms with Crippen LogP contribution in [0.2, 0.25) is 0 Å². The fourth-order valence-electron chi connectivity index (χ4n) is 1.05. The highest BCUT2D eigenvalue weighted by molar-refractivity contribution is 9.10. The van der Waals surface area contributed by atoms with E-state index in [9.17, 15) is 14.0 Å². The van der Waals surface area contributed by atoms with Crippen LogP contribution in [0.25, 0.3) is 0 Å². The number of aliphatic hydroxyl groups excluding tert-OH is 1. The molecule has 92 valence electrons. The Hall–Kier alpha value is -1.47. The summed E-state index contributed by atoms with van der Waals surface area (Å²) in [5, 5.41) is 19.6. The molecule has 0 aromatic heterocycles. The molecule has 0 aliphatic rings. The van der Waals surface area contributed by atoms with Crippen LogP contribution in [0.4, 0.5) is 4.39 Å². The molecule has 0 aliphatic heterocycles. The molecule has 1 rings (SSSR count). The van der Waals surface area contributed by atoms with Crippen LogP contribution in [0, 0.1) is 5.82 Å². The number of carboxylic acid groups (broad SMARTS) is 1. The Bertz CT molecular complexity index is 452. The van der Waals surface area contributed by atoms with Gasteiger partial charge in [0.25, 0.3) is 5.91 Å². The highest BCUT2D eigenvalue weighted by atomic mass is 79.9. The van der Waals surface area contributed by atoms with Crippen LogP contribution in [0.3, 0.4) is 0 Å². The van der Waals surface area contributed by atoms with Crippen molar-refractivity contribution in [1.29, 1.82) is 0 Å². The number of carbonyl (C=O) groups excluding carboxylic acids is 1. The minimum atomic E-state index is -1.67. The van der Waals surface area contributed by atoms with E-state index in [0.717, 1.165) is 12.1 Å². The third-order valence-electron chi connectivity index (χ3n) is 1.92. The zero-order valence-electron chi connectivity index (χ0n) is 8.48. The first-order valence-electron chi connectivity index (χ1n) is 4.56. The number of halogens is 2. The molecule has 5 nitrogen and oxygen atoms in total. The fraction of sp³-hybridized carbons (Fsp3) is 0.200. The number of hydrogen-bond donors (Lipinski definition) is 3. The second-order valence-electron chi connectivity index (χ2n) is 3.19. The number of aliphatic carboxylic acids is 1. The summed E-state index contributed by atoms with van der Waals surface area (Å²) < 4.78 is 13.0. The Labute approximate surface area is 104 Å². The third kappa shape index (κ3) is 3.79. The molecule has 0 spiro atoms. The summed E-state index contributed by atoms with van der Waals surface area (Å²) >= 11 is 3.00. The molecule has 1 aromatic rings. The van der Waals surface area contributed by atoms with Gasteiger partial charge in [-0.25, -0.2) is 9.18 Å². The predicted molar refractivity (Wildman–Crippen MR) is 60.1 cm³/mol. The lowest BCUT2D eigenvalue weighted by molar-refractivity contribution is -0.146. The quantitative estimate of drug-likeness (QED) is 0.766. The van der Waals surface area contributed by atoms with Gasteiger partial charge in [-0.2, -0.15) is 0 Å². The molecule has 1 atom stereocenters. The topological polar surface area (TPSA) is 86.6 Å². The van der Waals surface area contributed by atoms with Crippen molar-refractivity contribution in [2.75, 3.05) is 6.54 Å². The average molecular weight is 306 g/mol. The molecular formula is C10H9BrFNO4. The van der Waals surface area contributed by atoms with Crippen LogP contribution in [0.5, 0.6) is 0 Å². The maximum Gasteiger partial charge on any atom is 0.334 e. The van der Waals surface area contributed by atoms with Gasteiger partial charge in [-0.3, -0.25) is 4.79 Å². The molecular weight excluding hydrogens is 297 g/mol. The summed E-state index contributed by atoms with van der Waals surface area (Å²) in [6, 6.07) is 3.47. The van der Waals surface area contributed by atoms with Crippen molar-refractivity contribution in [1.82, 2.24) is 5.32 Å². The van der Waals surface area contributed by atoms with Crippen LogP contribution < -0.4 is 5.32 Å². The van der Waals surface area contributed by atoms with Crippen molar-refractivity contribution in [2.24, 2.45) is 0 Å². The standard InChI is InChI=1S/C10H9BrFNO4/c11-7-3-5(12)1-2-6(7)9(15)13-4-8(14)10(16)17/h1-3,8,14H,4H2,(H,13,15)(H,16,17)/t8-/m0/s1. The number of nitrogens with one attached hydrogen (secondary N) is 1. The van der Waals surface area contributed by atoms with Gasteiger partial charge in [0.05, 0.1) is 12.1 Å². The molecule has 0 radical (unpaired) electrons. The Morgan fingerprint density at radius 3 is 2.65 bits per heavy atom. The number of carbonyl (C=O) groups is 2. The van der Waals surface area contributed by atoms with E-state index < -0.39 is 30.3 Å². The molecule has 1 amide bonds. The first-order chi connectivity index (χ1) is 7.91. The van der Waals surface area contributed by atoms with Gasteiger partial charge in [0.2, 0.25) is 0 Å². The van der Waals surface area contributed by atoms with Crippen molar-refractivity contribution in [3.8, 4) is 0 Å². The summed E-state index contributed by atoms with van der Waals surface area (Å²) in [5.74, 6) is -2.53. The first kappa shape index (κ1) is 13.6. The number of aliphatic hydroxyl groups is 1. The summed E-state index contributed by atoms with van der Waals surface area (Å²) in [6.45, 7) is -0.419. The lowest BCUT2D eigenvalue weighted by Crippen LogP contribution is -2.36. The predicted octanol–water partition coefficient (Wildman–Crippen LogP) is 0.763. The average Bonchev–Trinajstić information content (AvgIpc) is 2.25. The number of rotatable bonds is 4. The Kier molecular flexibility index (Phi) is 4.59. The van der Waals surface area contributed by atoms with E-state index in [4.69, 9.17) is 10.2 Å². The van der Waals surface area contributed by atoms with Crippen molar-refractivity contribution in [3.05, 3.63) is 34.1 Å². The van der Waals surface area contributed by atoms with E-state index in [2.05, 4.69) is 21.2 Å². The summed E-state index contributed by atoms with van der Waals surface area (Å²) in [5.41, 5.74) is 0.156. The van der Waals surface area contributed by atoms with Gasteiger partial charge in [0.1, 0.15) is 5.82 Å². The van der Waals surface area contributed by atoms with Crippen LogP contribution >= 0.6 is 15.9 Å². The maximum absolute atomic E-state index is 12.8. The fourth-order valence-corrected chi connectivity index (χ4v) is 1.58. The van der Waals surface area contributed by atoms with Crippen LogP contribution in [-0.4, -0.2) is 34.7 Å². The Morgan fingerprint density at radius 2 is 2.12 bits per heavy atom. The molecule has 0 saturated heterocycles.